The van der Waals surface area contributed by atoms with E-state index >= 15 is 0 Å². The molecule has 0 aromatic heterocycles. The largest absolute Gasteiger partial charge is 0.497 e. The Labute approximate surface area is 195 Å². The number of rotatable bonds is 10. The fourth-order valence-electron chi connectivity index (χ4n) is 3.40. The van der Waals surface area contributed by atoms with Gasteiger partial charge in [0, 0.05) is 32.7 Å². The van der Waals surface area contributed by atoms with Gasteiger partial charge in [0.2, 0.25) is 10.0 Å². The average Bonchev–Trinajstić information content (AvgIpc) is 2.84. The second kappa shape index (κ2) is 11.8. The van der Waals surface area contributed by atoms with Crippen LogP contribution in [0.1, 0.15) is 13.3 Å². The molecule has 2 aromatic carbocycles. The molecule has 10 heteroatoms. The maximum atomic E-state index is 12.9. The van der Waals surface area contributed by atoms with Crippen LogP contribution in [-0.2, 0) is 10.0 Å². The van der Waals surface area contributed by atoms with Gasteiger partial charge in [-0.2, -0.15) is 4.31 Å². The van der Waals surface area contributed by atoms with E-state index in [4.69, 9.17) is 14.2 Å². The zero-order valence-electron chi connectivity index (χ0n) is 19.0. The van der Waals surface area contributed by atoms with Gasteiger partial charge in [-0.05, 0) is 61.9 Å². The fourth-order valence-corrected chi connectivity index (χ4v) is 4.82. The van der Waals surface area contributed by atoms with Crippen molar-refractivity contribution in [2.75, 3.05) is 53.0 Å². The van der Waals surface area contributed by atoms with Crippen LogP contribution >= 0.6 is 0 Å². The third-order valence-corrected chi connectivity index (χ3v) is 7.14. The maximum absolute atomic E-state index is 12.9. The van der Waals surface area contributed by atoms with Crippen molar-refractivity contribution in [1.82, 2.24) is 14.5 Å². The normalized spacial score (nSPS) is 14.5. The highest BCUT2D eigenvalue weighted by molar-refractivity contribution is 7.89. The van der Waals surface area contributed by atoms with Gasteiger partial charge in [-0.3, -0.25) is 0 Å². The SMILES string of the molecule is CCOc1ccc(S(=O)(=O)N2CCN(C(=O)NCCCOc3ccc(OC)cc3)CC2)cc1. The van der Waals surface area contributed by atoms with Gasteiger partial charge in [-0.25, -0.2) is 13.2 Å². The highest BCUT2D eigenvalue weighted by atomic mass is 32.2. The topological polar surface area (TPSA) is 97.4 Å². The lowest BCUT2D eigenvalue weighted by Gasteiger charge is -2.34. The van der Waals surface area contributed by atoms with Crippen molar-refractivity contribution < 1.29 is 27.4 Å². The molecule has 1 aliphatic heterocycles. The van der Waals surface area contributed by atoms with E-state index in [1.165, 1.54) is 4.31 Å². The van der Waals surface area contributed by atoms with Gasteiger partial charge in [0.15, 0.2) is 0 Å². The first-order valence-electron chi connectivity index (χ1n) is 11.0. The lowest BCUT2D eigenvalue weighted by Crippen LogP contribution is -2.53. The number of sulfonamides is 1. The zero-order valence-corrected chi connectivity index (χ0v) is 19.8. The number of nitrogens with one attached hydrogen (secondary N) is 1. The Hall–Kier alpha value is -2.98. The number of amides is 2. The van der Waals surface area contributed by atoms with Crippen LogP contribution in [0.25, 0.3) is 0 Å². The fraction of sp³-hybridized carbons (Fsp3) is 0.435. The van der Waals surface area contributed by atoms with E-state index in [0.717, 1.165) is 11.5 Å². The van der Waals surface area contributed by atoms with E-state index in [0.29, 0.717) is 45.0 Å². The number of nitrogens with zero attached hydrogens (tertiary/aromatic N) is 2. The Morgan fingerprint density at radius 2 is 1.48 bits per heavy atom. The quantitative estimate of drug-likeness (QED) is 0.529. The van der Waals surface area contributed by atoms with Gasteiger partial charge in [0.05, 0.1) is 25.2 Å². The molecule has 1 fully saturated rings. The van der Waals surface area contributed by atoms with Gasteiger partial charge in [-0.15, -0.1) is 0 Å². The minimum absolute atomic E-state index is 0.197. The van der Waals surface area contributed by atoms with Crippen molar-refractivity contribution in [3.05, 3.63) is 48.5 Å². The summed E-state index contributed by atoms with van der Waals surface area (Å²) < 4.78 is 43.3. The van der Waals surface area contributed by atoms with Crippen LogP contribution in [0.5, 0.6) is 17.2 Å². The lowest BCUT2D eigenvalue weighted by atomic mass is 10.3. The first kappa shape index (κ1) is 24.7. The van der Waals surface area contributed by atoms with Crippen molar-refractivity contribution in [3.63, 3.8) is 0 Å². The number of benzene rings is 2. The highest BCUT2D eigenvalue weighted by Gasteiger charge is 2.30. The Kier molecular flexibility index (Phi) is 8.79. The molecule has 0 unspecified atom stereocenters. The van der Waals surface area contributed by atoms with Crippen molar-refractivity contribution in [2.45, 2.75) is 18.2 Å². The molecule has 1 aliphatic rings. The molecule has 33 heavy (non-hydrogen) atoms. The van der Waals surface area contributed by atoms with Gasteiger partial charge in [-0.1, -0.05) is 0 Å². The Bertz CT molecular complexity index is 988. The van der Waals surface area contributed by atoms with Crippen LogP contribution in [0.3, 0.4) is 0 Å². The Morgan fingerprint density at radius 1 is 0.909 bits per heavy atom. The second-order valence-corrected chi connectivity index (χ2v) is 9.34. The van der Waals surface area contributed by atoms with Crippen molar-refractivity contribution in [2.24, 2.45) is 0 Å². The number of urea groups is 1. The molecule has 180 valence electrons. The second-order valence-electron chi connectivity index (χ2n) is 7.41. The van der Waals surface area contributed by atoms with E-state index in [1.54, 1.807) is 36.3 Å². The standard InChI is InChI=1S/C23H31N3O6S/c1-3-31-20-9-11-22(12-10-20)33(28,29)26-16-14-25(15-17-26)23(27)24-13-4-18-32-21-7-5-19(30-2)6-8-21/h5-12H,3-4,13-18H2,1-2H3,(H,24,27). The molecule has 9 nitrogen and oxygen atoms in total. The zero-order chi connectivity index (χ0) is 23.7. The van der Waals surface area contributed by atoms with Crippen LogP contribution in [0, 0.1) is 0 Å². The number of ether oxygens (including phenoxy) is 3. The van der Waals surface area contributed by atoms with E-state index in [2.05, 4.69) is 5.32 Å². The molecule has 2 aromatic rings. The molecule has 3 rings (SSSR count). The van der Waals surface area contributed by atoms with Gasteiger partial charge >= 0.3 is 6.03 Å². The van der Waals surface area contributed by atoms with Crippen LogP contribution in [0.4, 0.5) is 4.79 Å². The summed E-state index contributed by atoms with van der Waals surface area (Å²) in [6, 6.07) is 13.5. The van der Waals surface area contributed by atoms with Crippen LogP contribution in [-0.4, -0.2) is 76.7 Å². The summed E-state index contributed by atoms with van der Waals surface area (Å²) in [6.45, 7) is 4.52. The molecule has 0 aliphatic carbocycles. The maximum Gasteiger partial charge on any atom is 0.317 e. The smallest absolute Gasteiger partial charge is 0.317 e. The first-order chi connectivity index (χ1) is 15.9. The molecule has 0 spiro atoms. The van der Waals surface area contributed by atoms with Crippen molar-refractivity contribution >= 4 is 16.1 Å². The molecule has 0 saturated carbocycles. The molecule has 1 N–H and O–H groups in total. The summed E-state index contributed by atoms with van der Waals surface area (Å²) >= 11 is 0. The summed E-state index contributed by atoms with van der Waals surface area (Å²) in [4.78, 5) is 14.3. The Morgan fingerprint density at radius 3 is 2.09 bits per heavy atom. The van der Waals surface area contributed by atoms with Gasteiger partial charge in [0.1, 0.15) is 17.2 Å². The first-order valence-corrected chi connectivity index (χ1v) is 12.4. The molecular weight excluding hydrogens is 446 g/mol. The molecule has 0 bridgehead atoms. The summed E-state index contributed by atoms with van der Waals surface area (Å²) in [5, 5.41) is 2.87. The third kappa shape index (κ3) is 6.75. The van der Waals surface area contributed by atoms with Crippen LogP contribution in [0.2, 0.25) is 0 Å². The monoisotopic (exact) mass is 477 g/mol. The average molecular weight is 478 g/mol. The Balaban J connectivity index is 1.38. The number of carbonyl (C=O) groups is 1. The van der Waals surface area contributed by atoms with Crippen LogP contribution in [0.15, 0.2) is 53.4 Å². The molecule has 0 atom stereocenters. The molecule has 2 amide bonds. The number of hydrogen-bond acceptors (Lipinski definition) is 6. The summed E-state index contributed by atoms with van der Waals surface area (Å²) in [5.74, 6) is 2.14. The van der Waals surface area contributed by atoms with Crippen molar-refractivity contribution in [1.29, 1.82) is 0 Å². The van der Waals surface area contributed by atoms with Gasteiger partial charge in [0.25, 0.3) is 0 Å². The predicted octanol–water partition coefficient (Wildman–Crippen LogP) is 2.58. The minimum Gasteiger partial charge on any atom is -0.497 e. The number of carbonyl (C=O) groups excluding carboxylic acids is 1. The molecule has 0 radical (unpaired) electrons. The summed E-state index contributed by atoms with van der Waals surface area (Å²) in [7, 11) is -1.99. The predicted molar refractivity (Wildman–Crippen MR) is 124 cm³/mol. The minimum atomic E-state index is -3.60. The lowest BCUT2D eigenvalue weighted by molar-refractivity contribution is 0.171. The number of methoxy groups -OCH3 is 1. The van der Waals surface area contributed by atoms with Crippen molar-refractivity contribution in [3.8, 4) is 17.2 Å². The molecule has 1 saturated heterocycles. The van der Waals surface area contributed by atoms with E-state index in [-0.39, 0.29) is 24.0 Å². The summed E-state index contributed by atoms with van der Waals surface area (Å²) in [5.41, 5.74) is 0. The third-order valence-electron chi connectivity index (χ3n) is 5.22. The molecule has 1 heterocycles. The summed E-state index contributed by atoms with van der Waals surface area (Å²) in [6.07, 6.45) is 0.657. The number of piperazine rings is 1. The van der Waals surface area contributed by atoms with E-state index < -0.39 is 10.0 Å². The van der Waals surface area contributed by atoms with Gasteiger partial charge < -0.3 is 24.4 Å². The molecular formula is C23H31N3O6S. The number of hydrogen-bond donors (Lipinski definition) is 1. The van der Waals surface area contributed by atoms with E-state index in [1.807, 2.05) is 31.2 Å². The van der Waals surface area contributed by atoms with Crippen LogP contribution < -0.4 is 19.5 Å². The highest BCUT2D eigenvalue weighted by Crippen LogP contribution is 2.21. The van der Waals surface area contributed by atoms with E-state index in [9.17, 15) is 13.2 Å².